The molecule has 1 N–H and O–H groups in total. The third kappa shape index (κ3) is 5.64. The lowest BCUT2D eigenvalue weighted by Gasteiger charge is -2.15. The molecule has 0 aromatic heterocycles. The van der Waals surface area contributed by atoms with Crippen LogP contribution in [0.1, 0.15) is 18.9 Å². The van der Waals surface area contributed by atoms with Crippen LogP contribution < -0.4 is 19.5 Å². The summed E-state index contributed by atoms with van der Waals surface area (Å²) < 4.78 is 20.9. The number of anilines is 1. The van der Waals surface area contributed by atoms with Gasteiger partial charge in [-0.15, -0.1) is 0 Å². The lowest BCUT2D eigenvalue weighted by atomic mass is 10.1. The Morgan fingerprint density at radius 1 is 0.964 bits per heavy atom. The van der Waals surface area contributed by atoms with Gasteiger partial charge in [0, 0.05) is 12.1 Å². The molecule has 0 bridgehead atoms. The van der Waals surface area contributed by atoms with Gasteiger partial charge in [0.15, 0.2) is 17.6 Å². The van der Waals surface area contributed by atoms with Crippen molar-refractivity contribution in [3.63, 3.8) is 0 Å². The molecule has 0 fully saturated rings. The summed E-state index contributed by atoms with van der Waals surface area (Å²) in [4.78, 5) is 24.3. The Balaban J connectivity index is 1.87. The Morgan fingerprint density at radius 3 is 2.29 bits per heavy atom. The van der Waals surface area contributed by atoms with Gasteiger partial charge in [-0.25, -0.2) is 0 Å². The third-order valence-corrected chi connectivity index (χ3v) is 4.12. The topological polar surface area (TPSA) is 83.1 Å². The van der Waals surface area contributed by atoms with Crippen molar-refractivity contribution in [3.8, 4) is 17.2 Å². The van der Waals surface area contributed by atoms with Gasteiger partial charge in [-0.05, 0) is 49.2 Å². The Hall–Kier alpha value is -3.22. The van der Waals surface area contributed by atoms with Crippen molar-refractivity contribution in [3.05, 3.63) is 48.0 Å². The lowest BCUT2D eigenvalue weighted by molar-refractivity contribution is -0.153. The fourth-order valence-electron chi connectivity index (χ4n) is 2.62. The first kappa shape index (κ1) is 21.1. The van der Waals surface area contributed by atoms with Gasteiger partial charge >= 0.3 is 5.97 Å². The molecule has 0 aliphatic rings. The number of benzene rings is 2. The van der Waals surface area contributed by atoms with Gasteiger partial charge in [0.25, 0.3) is 5.91 Å². The van der Waals surface area contributed by atoms with Gasteiger partial charge in [0.2, 0.25) is 0 Å². The minimum atomic E-state index is -0.915. The first-order chi connectivity index (χ1) is 13.5. The third-order valence-electron chi connectivity index (χ3n) is 4.12. The van der Waals surface area contributed by atoms with Gasteiger partial charge in [-0.1, -0.05) is 12.1 Å². The maximum absolute atomic E-state index is 12.2. The largest absolute Gasteiger partial charge is 0.497 e. The highest BCUT2D eigenvalue weighted by Crippen LogP contribution is 2.31. The molecule has 0 heterocycles. The number of para-hydroxylation sites is 1. The Kier molecular flexibility index (Phi) is 7.68. The van der Waals surface area contributed by atoms with Crippen LogP contribution >= 0.6 is 0 Å². The van der Waals surface area contributed by atoms with E-state index in [1.165, 1.54) is 6.92 Å². The number of ether oxygens (including phenoxy) is 4. The lowest BCUT2D eigenvalue weighted by Crippen LogP contribution is -2.30. The predicted octanol–water partition coefficient (Wildman–Crippen LogP) is 3.22. The maximum atomic E-state index is 12.2. The summed E-state index contributed by atoms with van der Waals surface area (Å²) in [6, 6.07) is 12.3. The van der Waals surface area contributed by atoms with Crippen LogP contribution in [-0.4, -0.2) is 39.3 Å². The van der Waals surface area contributed by atoms with Crippen LogP contribution in [0, 0.1) is 0 Å². The van der Waals surface area contributed by atoms with Crippen molar-refractivity contribution in [2.75, 3.05) is 26.6 Å². The minimum Gasteiger partial charge on any atom is -0.497 e. The molecule has 0 saturated carbocycles. The molecule has 1 amide bonds. The molecule has 2 rings (SSSR count). The highest BCUT2D eigenvalue weighted by Gasteiger charge is 2.19. The summed E-state index contributed by atoms with van der Waals surface area (Å²) in [7, 11) is 4.67. The summed E-state index contributed by atoms with van der Waals surface area (Å²) in [5.74, 6) is 0.994. The number of rotatable bonds is 9. The summed E-state index contributed by atoms with van der Waals surface area (Å²) in [5, 5.41) is 2.70. The van der Waals surface area contributed by atoms with Gasteiger partial charge in [0.05, 0.1) is 21.3 Å². The predicted molar refractivity (Wildman–Crippen MR) is 105 cm³/mol. The summed E-state index contributed by atoms with van der Waals surface area (Å²) in [5.41, 5.74) is 1.42. The number of esters is 1. The smallest absolute Gasteiger partial charge is 0.306 e. The average molecular weight is 387 g/mol. The molecule has 2 aromatic rings. The standard InChI is InChI=1S/C21H25NO6/c1-14(21(24)22-16-9-11-17(25-2)12-10-16)28-19(23)13-8-15-6-5-7-18(26-3)20(15)27-4/h5-7,9-12,14H,8,13H2,1-4H3,(H,22,24)/t14-/m0/s1. The van der Waals surface area contributed by atoms with Crippen molar-refractivity contribution < 1.29 is 28.5 Å². The van der Waals surface area contributed by atoms with E-state index in [-0.39, 0.29) is 6.42 Å². The first-order valence-electron chi connectivity index (χ1n) is 8.82. The van der Waals surface area contributed by atoms with Crippen LogP contribution in [0.3, 0.4) is 0 Å². The molecule has 0 aliphatic carbocycles. The maximum Gasteiger partial charge on any atom is 0.306 e. The Morgan fingerprint density at radius 2 is 1.68 bits per heavy atom. The SMILES string of the molecule is COc1ccc(NC(=O)[C@H](C)OC(=O)CCc2cccc(OC)c2OC)cc1. The van der Waals surface area contributed by atoms with E-state index in [4.69, 9.17) is 18.9 Å². The fraction of sp³-hybridized carbons (Fsp3) is 0.333. The van der Waals surface area contributed by atoms with Crippen molar-refractivity contribution >= 4 is 17.6 Å². The molecule has 28 heavy (non-hydrogen) atoms. The minimum absolute atomic E-state index is 0.115. The average Bonchev–Trinajstić information content (AvgIpc) is 2.72. The van der Waals surface area contributed by atoms with E-state index in [0.29, 0.717) is 29.4 Å². The molecule has 0 radical (unpaired) electrons. The van der Waals surface area contributed by atoms with Crippen molar-refractivity contribution in [2.24, 2.45) is 0 Å². The van der Waals surface area contributed by atoms with Crippen LogP contribution in [-0.2, 0) is 20.7 Å². The Labute approximate surface area is 164 Å². The zero-order valence-electron chi connectivity index (χ0n) is 16.5. The van der Waals surface area contributed by atoms with E-state index in [1.54, 1.807) is 51.7 Å². The highest BCUT2D eigenvalue weighted by atomic mass is 16.5. The second-order valence-corrected chi connectivity index (χ2v) is 6.00. The quantitative estimate of drug-likeness (QED) is 0.665. The van der Waals surface area contributed by atoms with E-state index in [1.807, 2.05) is 12.1 Å². The van der Waals surface area contributed by atoms with Gasteiger partial charge in [-0.2, -0.15) is 0 Å². The molecule has 0 aliphatic heterocycles. The second kappa shape index (κ2) is 10.2. The zero-order valence-corrected chi connectivity index (χ0v) is 16.5. The van der Waals surface area contributed by atoms with E-state index in [0.717, 1.165) is 5.56 Å². The van der Waals surface area contributed by atoms with Crippen LogP contribution in [0.15, 0.2) is 42.5 Å². The van der Waals surface area contributed by atoms with Crippen LogP contribution in [0.25, 0.3) is 0 Å². The monoisotopic (exact) mass is 387 g/mol. The summed E-state index contributed by atoms with van der Waals surface area (Å²) >= 11 is 0. The molecule has 2 aromatic carbocycles. The molecule has 150 valence electrons. The number of methoxy groups -OCH3 is 3. The van der Waals surface area contributed by atoms with Gasteiger partial charge in [0.1, 0.15) is 5.75 Å². The van der Waals surface area contributed by atoms with Gasteiger partial charge in [-0.3, -0.25) is 9.59 Å². The van der Waals surface area contributed by atoms with E-state index < -0.39 is 18.0 Å². The van der Waals surface area contributed by atoms with Crippen molar-refractivity contribution in [2.45, 2.75) is 25.9 Å². The van der Waals surface area contributed by atoms with E-state index >= 15 is 0 Å². The van der Waals surface area contributed by atoms with Crippen LogP contribution in [0.5, 0.6) is 17.2 Å². The molecule has 0 unspecified atom stereocenters. The summed E-state index contributed by atoms with van der Waals surface area (Å²) in [6.45, 7) is 1.53. The Bertz CT molecular complexity index is 803. The fourth-order valence-corrected chi connectivity index (χ4v) is 2.62. The zero-order chi connectivity index (χ0) is 20.5. The highest BCUT2D eigenvalue weighted by molar-refractivity contribution is 5.95. The number of hydrogen-bond acceptors (Lipinski definition) is 6. The molecular formula is C21H25NO6. The number of hydrogen-bond donors (Lipinski definition) is 1. The molecule has 1 atom stereocenters. The van der Waals surface area contributed by atoms with Crippen LogP contribution in [0.4, 0.5) is 5.69 Å². The first-order valence-corrected chi connectivity index (χ1v) is 8.82. The number of nitrogens with one attached hydrogen (secondary N) is 1. The van der Waals surface area contributed by atoms with Crippen molar-refractivity contribution in [1.82, 2.24) is 0 Å². The molecule has 0 spiro atoms. The number of amides is 1. The number of carbonyl (C=O) groups excluding carboxylic acids is 2. The normalized spacial score (nSPS) is 11.3. The number of aryl methyl sites for hydroxylation is 1. The molecule has 7 heteroatoms. The molecular weight excluding hydrogens is 362 g/mol. The van der Waals surface area contributed by atoms with Gasteiger partial charge < -0.3 is 24.3 Å². The van der Waals surface area contributed by atoms with E-state index in [2.05, 4.69) is 5.32 Å². The second-order valence-electron chi connectivity index (χ2n) is 6.00. The molecule has 0 saturated heterocycles. The summed E-state index contributed by atoms with van der Waals surface area (Å²) in [6.07, 6.45) is -0.391. The van der Waals surface area contributed by atoms with Crippen LogP contribution in [0.2, 0.25) is 0 Å². The van der Waals surface area contributed by atoms with E-state index in [9.17, 15) is 9.59 Å². The van der Waals surface area contributed by atoms with Crippen molar-refractivity contribution in [1.29, 1.82) is 0 Å². The number of carbonyl (C=O) groups is 2. The molecule has 7 nitrogen and oxygen atoms in total.